The van der Waals surface area contributed by atoms with Gasteiger partial charge in [-0.1, -0.05) is 53.2 Å². The zero-order chi connectivity index (χ0) is 79.8. The van der Waals surface area contributed by atoms with Crippen molar-refractivity contribution < 1.29 is 183 Å². The molecule has 12 aliphatic rings. The van der Waals surface area contributed by atoms with Crippen molar-refractivity contribution in [2.75, 3.05) is 39.6 Å². The average molecular weight is 1570 g/mol. The first kappa shape index (κ1) is 85.7. The first-order valence-electron chi connectivity index (χ1n) is 37.9. The zero-order valence-electron chi connectivity index (χ0n) is 62.7. The summed E-state index contributed by atoms with van der Waals surface area (Å²) < 4.78 is 90.8. The number of aliphatic hydroxyl groups excluding tert-OH is 19. The van der Waals surface area contributed by atoms with Gasteiger partial charge < -0.3 is 173 Å². The summed E-state index contributed by atoms with van der Waals surface area (Å²) in [5, 5.41) is 224. The highest BCUT2D eigenvalue weighted by Crippen LogP contribution is 2.76. The van der Waals surface area contributed by atoms with Crippen LogP contribution >= 0.6 is 0 Å². The third-order valence-corrected chi connectivity index (χ3v) is 27.4. The van der Waals surface area contributed by atoms with Gasteiger partial charge in [-0.15, -0.1) is 0 Å². The van der Waals surface area contributed by atoms with Gasteiger partial charge in [0.05, 0.1) is 76.3 Å². The summed E-state index contributed by atoms with van der Waals surface area (Å²) in [6, 6.07) is 0. The topological polar surface area (TPSA) is 577 Å². The molecule has 12 rings (SSSR count). The highest BCUT2D eigenvalue weighted by Gasteiger charge is 2.74. The molecule has 1 unspecified atom stereocenters. The maximum Gasteiger partial charge on any atom is 0.317 e. The largest absolute Gasteiger partial charge is 0.457 e. The molecule has 43 atom stereocenters. The summed E-state index contributed by atoms with van der Waals surface area (Å²) in [7, 11) is 0. The number of esters is 2. The minimum absolute atomic E-state index is 0.0110. The van der Waals surface area contributed by atoms with Crippen LogP contribution < -0.4 is 0 Å². The Morgan fingerprint density at radius 1 is 0.486 bits per heavy atom. The maximum absolute atomic E-state index is 16.3. The molecule has 626 valence electrons. The van der Waals surface area contributed by atoms with Crippen LogP contribution in [0.2, 0.25) is 0 Å². The van der Waals surface area contributed by atoms with Crippen LogP contribution in [0, 0.1) is 50.2 Å². The van der Waals surface area contributed by atoms with Crippen molar-refractivity contribution >= 4 is 11.9 Å². The summed E-state index contributed by atoms with van der Waals surface area (Å²) in [6.07, 6.45) is -53.9. The summed E-state index contributed by atoms with van der Waals surface area (Å²) >= 11 is 0. The maximum atomic E-state index is 16.3. The summed E-state index contributed by atoms with van der Waals surface area (Å²) in [6.45, 7) is 13.0. The molecule has 0 aromatic heterocycles. The van der Waals surface area contributed by atoms with E-state index in [2.05, 4.69) is 40.7 Å². The van der Waals surface area contributed by atoms with Crippen molar-refractivity contribution in [3.63, 3.8) is 0 Å². The predicted octanol–water partition coefficient (Wildman–Crippen LogP) is -6.72. The van der Waals surface area contributed by atoms with Crippen LogP contribution in [0.15, 0.2) is 11.6 Å². The van der Waals surface area contributed by atoms with Gasteiger partial charge in [0, 0.05) is 12.3 Å². The van der Waals surface area contributed by atoms with Gasteiger partial charge in [-0.2, -0.15) is 0 Å². The number of aliphatic hydroxyl groups is 20. The SMILES string of the molecule is CC(=O)O[C@@H]1[C@H](O[C@@H]2OC[C@](O)(CO)[C@H]2O)[C@@H](O[C@@H]2O[C@@H](C)[C@H](O[C@@H]3OC[C@@H](O)[C@H](O[C@@H]4O[C@@H](C)[C@H](O)[C@@H](O)[C@H]4O)[C@H]3O)[C@@H](O)[C@H]2O)[C@H](OC(=O)[C@]23CCC(C)(C)C[C@H]2C2=CC[C@@H]4[C@@]5(C)C[C@H](O)[C@H](O[C@@H]6O[C@H](CO)[C@@H](O)[C@H](O[C@@H]7O[C@H](CO)[C@@H](O)[C@H](O)[C@H]7O)[C@H]6O)[C@@](C)(CO)C5CC[C@@]4(C)[C@]2(C)C[C@H]3O)O[C@@H]1C. The summed E-state index contributed by atoms with van der Waals surface area (Å²) in [5.74, 6) is -3.34. The molecule has 0 aromatic rings. The third kappa shape index (κ3) is 14.7. The number of fused-ring (bicyclic) bond motifs is 7. The van der Waals surface area contributed by atoms with E-state index in [0.717, 1.165) is 12.5 Å². The van der Waals surface area contributed by atoms with Gasteiger partial charge in [0.15, 0.2) is 49.9 Å². The second-order valence-corrected chi connectivity index (χ2v) is 34.6. The monoisotopic (exact) mass is 1570 g/mol. The number of hydrogen-bond acceptors (Lipinski definition) is 37. The van der Waals surface area contributed by atoms with Gasteiger partial charge in [0.2, 0.25) is 6.29 Å². The normalized spacial score (nSPS) is 54.8. The molecule has 0 aromatic carbocycles. The molecule has 37 nitrogen and oxygen atoms in total. The molecule has 7 heterocycles. The molecule has 11 fully saturated rings. The highest BCUT2D eigenvalue weighted by atomic mass is 16.8. The van der Waals surface area contributed by atoms with E-state index in [1.165, 1.54) is 20.8 Å². The first-order chi connectivity index (χ1) is 51.0. The molecular formula is C72H116O37. The second kappa shape index (κ2) is 32.0. The van der Waals surface area contributed by atoms with Gasteiger partial charge in [0.25, 0.3) is 0 Å². The van der Waals surface area contributed by atoms with Crippen LogP contribution in [0.3, 0.4) is 0 Å². The molecule has 0 bridgehead atoms. The van der Waals surface area contributed by atoms with Gasteiger partial charge in [-0.3, -0.25) is 9.59 Å². The number of hydrogen-bond donors (Lipinski definition) is 20. The standard InChI is InChI=1S/C72H116O37/c1-26-39(81)42(84)45(87)59(97-26)104-52-33(79)22-95-58(48(52)90)103-50-27(2)98-60(47(89)44(50)86)107-55-54(106-64-56(92)71(94,24-76)25-96-64)51(100-29(4)77)28(3)99-63(55)109-65(93)72-16-15-66(5,6)17-31(72)30-11-12-37-67(7)18-32(78)57(68(8,23-75)36(67)13-14-69(37,9)70(30,10)19-38(72)80)108-62-49(91)53(41(83)35(21-74)102-62)105-61-46(88)43(85)40(82)34(20-73)101-61/h11,26-28,31-64,73-76,78-92,94H,12-25H2,1-10H3/t26-,27-,28+,31-,32-,33+,34+,35+,36?,37+,38+,39-,40+,41+,42+,43-,44-,45+,46+,47+,48+,49+,50-,51-,52-,53-,54-,55+,56-,57-,58-,59-,60-,61-,62-,63-,64-,67-,68-,69+,70+,71+,72+/m0/s1. The molecule has 0 radical (unpaired) electrons. The number of ether oxygens (including phenoxy) is 15. The first-order valence-corrected chi connectivity index (χ1v) is 37.9. The number of allylic oxidation sites excluding steroid dienone is 2. The van der Waals surface area contributed by atoms with Crippen molar-refractivity contribution in [2.45, 2.75) is 335 Å². The van der Waals surface area contributed by atoms with E-state index in [1.807, 2.05) is 0 Å². The van der Waals surface area contributed by atoms with E-state index in [4.69, 9.17) is 71.1 Å². The lowest BCUT2D eigenvalue weighted by atomic mass is 9.33. The van der Waals surface area contributed by atoms with Gasteiger partial charge in [-0.05, 0) is 112 Å². The van der Waals surface area contributed by atoms with Crippen LogP contribution in [0.5, 0.6) is 0 Å². The van der Waals surface area contributed by atoms with Crippen molar-refractivity contribution in [1.29, 1.82) is 0 Å². The molecule has 7 saturated heterocycles. The number of rotatable bonds is 19. The second-order valence-electron chi connectivity index (χ2n) is 34.6. The van der Waals surface area contributed by atoms with E-state index in [0.29, 0.717) is 32.1 Å². The van der Waals surface area contributed by atoms with E-state index >= 15 is 4.79 Å². The Bertz CT molecular complexity index is 3170. The van der Waals surface area contributed by atoms with Crippen LogP contribution in [0.25, 0.3) is 0 Å². The van der Waals surface area contributed by atoms with Gasteiger partial charge in [-0.25, -0.2) is 0 Å². The molecule has 4 saturated carbocycles. The Morgan fingerprint density at radius 3 is 1.66 bits per heavy atom. The quantitative estimate of drug-likeness (QED) is 0.0325. The van der Waals surface area contributed by atoms with Gasteiger partial charge in [0.1, 0.15) is 127 Å². The molecule has 20 N–H and O–H groups in total. The lowest BCUT2D eigenvalue weighted by Crippen LogP contribution is -2.71. The van der Waals surface area contributed by atoms with E-state index in [-0.39, 0.29) is 25.2 Å². The minimum atomic E-state index is -2.29. The number of carbonyl (C=O) groups is 2. The Morgan fingerprint density at radius 2 is 1.04 bits per heavy atom. The van der Waals surface area contributed by atoms with Crippen LogP contribution in [-0.2, 0) is 80.6 Å². The van der Waals surface area contributed by atoms with Crippen molar-refractivity contribution in [3.8, 4) is 0 Å². The van der Waals surface area contributed by atoms with Crippen molar-refractivity contribution in [3.05, 3.63) is 11.6 Å². The summed E-state index contributed by atoms with van der Waals surface area (Å²) in [4.78, 5) is 29.3. The molecule has 0 amide bonds. The summed E-state index contributed by atoms with van der Waals surface area (Å²) in [5.41, 5.74) is -7.39. The fraction of sp³-hybridized carbons (Fsp3) is 0.944. The van der Waals surface area contributed by atoms with E-state index in [9.17, 15) is 107 Å². The predicted molar refractivity (Wildman–Crippen MR) is 358 cm³/mol. The third-order valence-electron chi connectivity index (χ3n) is 27.4. The van der Waals surface area contributed by atoms with Gasteiger partial charge >= 0.3 is 11.9 Å². The zero-order valence-corrected chi connectivity index (χ0v) is 62.7. The molecule has 109 heavy (non-hydrogen) atoms. The number of carbonyl (C=O) groups excluding carboxylic acids is 2. The molecular weight excluding hydrogens is 1460 g/mol. The fourth-order valence-electron chi connectivity index (χ4n) is 20.8. The van der Waals surface area contributed by atoms with Crippen LogP contribution in [-0.4, -0.2) is 368 Å². The Hall–Kier alpha value is -2.64. The highest BCUT2D eigenvalue weighted by molar-refractivity contribution is 5.80. The lowest BCUT2D eigenvalue weighted by Gasteiger charge is -2.72. The lowest BCUT2D eigenvalue weighted by molar-refractivity contribution is -0.386. The average Bonchev–Trinajstić information content (AvgIpc) is 1.65. The Balaban J connectivity index is 0.816. The Kier molecular flexibility index (Phi) is 25.2. The van der Waals surface area contributed by atoms with Crippen LogP contribution in [0.1, 0.15) is 121 Å². The smallest absolute Gasteiger partial charge is 0.317 e. The van der Waals surface area contributed by atoms with Crippen molar-refractivity contribution in [2.24, 2.45) is 50.2 Å². The minimum Gasteiger partial charge on any atom is -0.457 e. The fourth-order valence-corrected chi connectivity index (χ4v) is 20.8. The van der Waals surface area contributed by atoms with Crippen LogP contribution in [0.4, 0.5) is 0 Å². The molecule has 37 heteroatoms. The van der Waals surface area contributed by atoms with E-state index < -0.39 is 310 Å². The van der Waals surface area contributed by atoms with E-state index in [1.54, 1.807) is 6.92 Å². The molecule has 0 spiro atoms. The molecule has 5 aliphatic carbocycles. The van der Waals surface area contributed by atoms with Crippen molar-refractivity contribution in [1.82, 2.24) is 0 Å². The molecule has 7 aliphatic heterocycles. The Labute approximate surface area is 629 Å².